The summed E-state index contributed by atoms with van der Waals surface area (Å²) in [6.45, 7) is 4.30. The SMILES string of the molecule is CC(C)c1ccc(NC(=O)/C=C/c2cccs2)cc1. The molecule has 0 aliphatic rings. The standard InChI is InChI=1S/C16H17NOS/c1-12(2)13-5-7-14(8-6-13)17-16(18)10-9-15-4-3-11-19-15/h3-12H,1-2H3,(H,17,18)/b10-9+. The Bertz CT molecular complexity index is 553. The summed E-state index contributed by atoms with van der Waals surface area (Å²) < 4.78 is 0. The lowest BCUT2D eigenvalue weighted by Crippen LogP contribution is -2.07. The third-order valence-electron chi connectivity index (χ3n) is 2.79. The van der Waals surface area contributed by atoms with E-state index in [1.807, 2.05) is 47.9 Å². The van der Waals surface area contributed by atoms with Crippen LogP contribution < -0.4 is 5.32 Å². The van der Waals surface area contributed by atoms with E-state index in [1.54, 1.807) is 17.4 Å². The Morgan fingerprint density at radius 2 is 1.95 bits per heavy atom. The number of hydrogen-bond donors (Lipinski definition) is 1. The second-order valence-electron chi connectivity index (χ2n) is 4.61. The van der Waals surface area contributed by atoms with Gasteiger partial charge in [-0.2, -0.15) is 0 Å². The number of carbonyl (C=O) groups is 1. The second-order valence-corrected chi connectivity index (χ2v) is 5.59. The molecular formula is C16H17NOS. The summed E-state index contributed by atoms with van der Waals surface area (Å²) in [5.74, 6) is 0.397. The van der Waals surface area contributed by atoms with Crippen molar-refractivity contribution in [3.8, 4) is 0 Å². The van der Waals surface area contributed by atoms with E-state index in [1.165, 1.54) is 5.56 Å². The first-order valence-corrected chi connectivity index (χ1v) is 7.15. The van der Waals surface area contributed by atoms with E-state index >= 15 is 0 Å². The van der Waals surface area contributed by atoms with Crippen LogP contribution in [-0.4, -0.2) is 5.91 Å². The summed E-state index contributed by atoms with van der Waals surface area (Å²) in [6.07, 6.45) is 3.38. The number of carbonyl (C=O) groups excluding carboxylic acids is 1. The zero-order valence-electron chi connectivity index (χ0n) is 11.1. The van der Waals surface area contributed by atoms with Crippen molar-refractivity contribution in [1.82, 2.24) is 0 Å². The Balaban J connectivity index is 1.95. The van der Waals surface area contributed by atoms with E-state index in [-0.39, 0.29) is 5.91 Å². The van der Waals surface area contributed by atoms with E-state index in [9.17, 15) is 4.79 Å². The average Bonchev–Trinajstić information content (AvgIpc) is 2.90. The molecule has 0 saturated heterocycles. The van der Waals surface area contributed by atoms with E-state index in [4.69, 9.17) is 0 Å². The van der Waals surface area contributed by atoms with Crippen molar-refractivity contribution in [3.05, 3.63) is 58.3 Å². The molecule has 1 amide bonds. The minimum Gasteiger partial charge on any atom is -0.323 e. The van der Waals surface area contributed by atoms with Crippen molar-refractivity contribution in [2.24, 2.45) is 0 Å². The zero-order valence-corrected chi connectivity index (χ0v) is 11.9. The molecule has 2 aromatic rings. The summed E-state index contributed by atoms with van der Waals surface area (Å²) in [6, 6.07) is 11.9. The molecule has 0 unspecified atom stereocenters. The van der Waals surface area contributed by atoms with Crippen LogP contribution in [0.15, 0.2) is 47.9 Å². The molecule has 98 valence electrons. The summed E-state index contributed by atoms with van der Waals surface area (Å²) in [5.41, 5.74) is 2.09. The minimum absolute atomic E-state index is 0.106. The predicted molar refractivity (Wildman–Crippen MR) is 82.5 cm³/mol. The molecule has 0 spiro atoms. The van der Waals surface area contributed by atoms with Crippen molar-refractivity contribution in [3.63, 3.8) is 0 Å². The number of hydrogen-bond acceptors (Lipinski definition) is 2. The predicted octanol–water partition coefficient (Wildman–Crippen LogP) is 4.52. The molecule has 0 aliphatic heterocycles. The largest absolute Gasteiger partial charge is 0.323 e. The van der Waals surface area contributed by atoms with Crippen molar-refractivity contribution >= 4 is 29.0 Å². The number of nitrogens with one attached hydrogen (secondary N) is 1. The van der Waals surface area contributed by atoms with Crippen LogP contribution in [0, 0.1) is 0 Å². The minimum atomic E-state index is -0.106. The fourth-order valence-electron chi connectivity index (χ4n) is 1.68. The Morgan fingerprint density at radius 3 is 2.53 bits per heavy atom. The summed E-state index contributed by atoms with van der Waals surface area (Å²) in [5, 5.41) is 4.84. The summed E-state index contributed by atoms with van der Waals surface area (Å²) in [7, 11) is 0. The quantitative estimate of drug-likeness (QED) is 0.814. The number of rotatable bonds is 4. The number of anilines is 1. The second kappa shape index (κ2) is 6.34. The monoisotopic (exact) mass is 271 g/mol. The highest BCUT2D eigenvalue weighted by Gasteiger charge is 2.01. The van der Waals surface area contributed by atoms with Gasteiger partial charge in [0.1, 0.15) is 0 Å². The molecule has 0 atom stereocenters. The van der Waals surface area contributed by atoms with Gasteiger partial charge in [0.2, 0.25) is 5.91 Å². The van der Waals surface area contributed by atoms with Gasteiger partial charge in [-0.1, -0.05) is 32.0 Å². The van der Waals surface area contributed by atoms with Crippen molar-refractivity contribution in [1.29, 1.82) is 0 Å². The van der Waals surface area contributed by atoms with Gasteiger partial charge in [-0.15, -0.1) is 11.3 Å². The highest BCUT2D eigenvalue weighted by molar-refractivity contribution is 7.10. The summed E-state index contributed by atoms with van der Waals surface area (Å²) >= 11 is 1.61. The topological polar surface area (TPSA) is 29.1 Å². The molecule has 1 aromatic heterocycles. The van der Waals surface area contributed by atoms with E-state index in [0.29, 0.717) is 5.92 Å². The van der Waals surface area contributed by atoms with Gasteiger partial charge in [0.25, 0.3) is 0 Å². The van der Waals surface area contributed by atoms with Gasteiger partial charge in [0.05, 0.1) is 0 Å². The Kier molecular flexibility index (Phi) is 4.53. The fraction of sp³-hybridized carbons (Fsp3) is 0.188. The normalized spacial score (nSPS) is 11.1. The van der Waals surface area contributed by atoms with Gasteiger partial charge in [-0.25, -0.2) is 0 Å². The molecule has 19 heavy (non-hydrogen) atoms. The molecular weight excluding hydrogens is 254 g/mol. The molecule has 2 rings (SSSR count). The van der Waals surface area contributed by atoms with Crippen LogP contribution in [0.5, 0.6) is 0 Å². The number of amides is 1. The van der Waals surface area contributed by atoms with Crippen LogP contribution in [-0.2, 0) is 4.79 Å². The van der Waals surface area contributed by atoms with Gasteiger partial charge in [0.15, 0.2) is 0 Å². The first-order valence-electron chi connectivity index (χ1n) is 6.27. The van der Waals surface area contributed by atoms with Gasteiger partial charge >= 0.3 is 0 Å². The van der Waals surface area contributed by atoms with E-state index in [2.05, 4.69) is 19.2 Å². The van der Waals surface area contributed by atoms with Crippen LogP contribution in [0.2, 0.25) is 0 Å². The summed E-state index contributed by atoms with van der Waals surface area (Å²) in [4.78, 5) is 12.8. The Labute approximate surface area is 117 Å². The first-order chi connectivity index (χ1) is 9.15. The molecule has 1 heterocycles. The highest BCUT2D eigenvalue weighted by Crippen LogP contribution is 2.17. The lowest BCUT2D eigenvalue weighted by molar-refractivity contribution is -0.111. The maximum atomic E-state index is 11.7. The maximum Gasteiger partial charge on any atom is 0.248 e. The molecule has 0 bridgehead atoms. The number of benzene rings is 1. The molecule has 0 fully saturated rings. The van der Waals surface area contributed by atoms with Crippen LogP contribution in [0.3, 0.4) is 0 Å². The average molecular weight is 271 g/mol. The van der Waals surface area contributed by atoms with E-state index in [0.717, 1.165) is 10.6 Å². The lowest BCUT2D eigenvalue weighted by atomic mass is 10.0. The van der Waals surface area contributed by atoms with Crippen LogP contribution in [0.4, 0.5) is 5.69 Å². The molecule has 2 nitrogen and oxygen atoms in total. The van der Waals surface area contributed by atoms with Gasteiger partial charge < -0.3 is 5.32 Å². The van der Waals surface area contributed by atoms with Crippen LogP contribution >= 0.6 is 11.3 Å². The molecule has 1 N–H and O–H groups in total. The molecule has 0 radical (unpaired) electrons. The molecule has 0 aliphatic carbocycles. The van der Waals surface area contributed by atoms with Crippen molar-refractivity contribution in [2.45, 2.75) is 19.8 Å². The smallest absolute Gasteiger partial charge is 0.248 e. The third-order valence-corrected chi connectivity index (χ3v) is 3.62. The van der Waals surface area contributed by atoms with Gasteiger partial charge in [-0.05, 0) is 41.1 Å². The molecule has 0 saturated carbocycles. The Morgan fingerprint density at radius 1 is 1.21 bits per heavy atom. The third kappa shape index (κ3) is 4.07. The first kappa shape index (κ1) is 13.6. The number of thiophene rings is 1. The van der Waals surface area contributed by atoms with Gasteiger partial charge in [-0.3, -0.25) is 4.79 Å². The highest BCUT2D eigenvalue weighted by atomic mass is 32.1. The lowest BCUT2D eigenvalue weighted by Gasteiger charge is -2.07. The fourth-order valence-corrected chi connectivity index (χ4v) is 2.30. The van der Waals surface area contributed by atoms with E-state index < -0.39 is 0 Å². The Hall–Kier alpha value is -1.87. The van der Waals surface area contributed by atoms with Crippen molar-refractivity contribution in [2.75, 3.05) is 5.32 Å². The van der Waals surface area contributed by atoms with Crippen LogP contribution in [0.1, 0.15) is 30.2 Å². The zero-order chi connectivity index (χ0) is 13.7. The molecule has 1 aromatic carbocycles. The maximum absolute atomic E-state index is 11.7. The molecule has 3 heteroatoms. The van der Waals surface area contributed by atoms with Crippen molar-refractivity contribution < 1.29 is 4.79 Å². The van der Waals surface area contributed by atoms with Crippen LogP contribution in [0.25, 0.3) is 6.08 Å². The van der Waals surface area contributed by atoms with Gasteiger partial charge in [0, 0.05) is 16.6 Å².